The zero-order valence-corrected chi connectivity index (χ0v) is 34.4. The second-order valence-electron chi connectivity index (χ2n) is 13.7. The number of nitrogens with zero attached hydrogens (tertiary/aromatic N) is 3. The van der Waals surface area contributed by atoms with E-state index in [1.807, 2.05) is 32.0 Å². The van der Waals surface area contributed by atoms with Gasteiger partial charge in [-0.15, -0.1) is 0 Å². The summed E-state index contributed by atoms with van der Waals surface area (Å²) >= 11 is 0. The van der Waals surface area contributed by atoms with Crippen LogP contribution in [0.3, 0.4) is 0 Å². The van der Waals surface area contributed by atoms with Gasteiger partial charge in [0.15, 0.2) is 5.71 Å². The number of fused-ring (bicyclic) bond motifs is 2. The number of rotatable bonds is 18. The first kappa shape index (κ1) is 42.9. The van der Waals surface area contributed by atoms with Crippen molar-refractivity contribution in [1.29, 1.82) is 0 Å². The van der Waals surface area contributed by atoms with Crippen molar-refractivity contribution in [1.82, 2.24) is 4.57 Å². The Morgan fingerprint density at radius 3 is 2.08 bits per heavy atom. The molecule has 14 heteroatoms. The maximum atomic E-state index is 13.8. The largest absolute Gasteiger partial charge is 1.00 e. The predicted octanol–water partition coefficient (Wildman–Crippen LogP) is 3.14. The fraction of sp³-hybridized carbons (Fsp3) is 0.514. The number of aromatic hydroxyl groups is 1. The molecule has 51 heavy (non-hydrogen) atoms. The molecular weight excluding hydrogens is 702 g/mol. The molecule has 0 unspecified atom stereocenters. The van der Waals surface area contributed by atoms with Gasteiger partial charge in [0.05, 0.1) is 31.5 Å². The molecule has 1 aliphatic heterocycles. The summed E-state index contributed by atoms with van der Waals surface area (Å²) in [5.74, 6) is -0.785. The first-order valence-corrected chi connectivity index (χ1v) is 20.5. The number of hydrogen-bond acceptors (Lipinski definition) is 9. The summed E-state index contributed by atoms with van der Waals surface area (Å²) in [6.07, 6.45) is 12.3. The van der Waals surface area contributed by atoms with E-state index in [0.717, 1.165) is 57.3 Å². The molecule has 0 spiro atoms. The molecule has 0 bridgehead atoms. The molecule has 2 heterocycles. The van der Waals surface area contributed by atoms with Gasteiger partial charge in [0.25, 0.3) is 5.56 Å². The van der Waals surface area contributed by atoms with Crippen molar-refractivity contribution in [3.63, 3.8) is 0 Å². The Morgan fingerprint density at radius 1 is 0.882 bits per heavy atom. The number of unbranched alkanes of at least 4 members (excludes halogenated alkanes) is 6. The van der Waals surface area contributed by atoms with Crippen molar-refractivity contribution in [2.45, 2.75) is 95.8 Å². The number of hydrogen-bond donors (Lipinski definition) is 1. The molecule has 4 rings (SSSR count). The zero-order chi connectivity index (χ0) is 36.9. The van der Waals surface area contributed by atoms with Crippen molar-refractivity contribution < 1.29 is 65.2 Å². The van der Waals surface area contributed by atoms with Gasteiger partial charge in [0.2, 0.25) is 5.69 Å². The average Bonchev–Trinajstić information content (AvgIpc) is 3.26. The molecule has 0 saturated heterocycles. The van der Waals surface area contributed by atoms with Gasteiger partial charge in [-0.2, -0.15) is 4.58 Å². The minimum Gasteiger partial charge on any atom is -0.748 e. The second-order valence-corrected chi connectivity index (χ2v) is 16.6. The zero-order valence-electron chi connectivity index (χ0n) is 30.8. The normalized spacial score (nSPS) is 14.3. The molecular formula is C37H50N3NaO8S2. The van der Waals surface area contributed by atoms with Crippen molar-refractivity contribution in [3.8, 4) is 5.75 Å². The summed E-state index contributed by atoms with van der Waals surface area (Å²) in [6, 6.07) is 9.76. The van der Waals surface area contributed by atoms with E-state index in [4.69, 9.17) is 0 Å². The van der Waals surface area contributed by atoms with E-state index in [1.165, 1.54) is 41.7 Å². The van der Waals surface area contributed by atoms with Crippen molar-refractivity contribution in [3.05, 3.63) is 64.0 Å². The molecule has 0 saturated carbocycles. The first-order valence-electron chi connectivity index (χ1n) is 17.5. The van der Waals surface area contributed by atoms with Crippen LogP contribution in [-0.2, 0) is 32.7 Å². The van der Waals surface area contributed by atoms with Crippen LogP contribution in [0, 0.1) is 0 Å². The van der Waals surface area contributed by atoms with Crippen LogP contribution in [0.25, 0.3) is 17.0 Å². The Balaban J connectivity index is 0.00000702. The molecule has 0 radical (unpaired) electrons. The van der Waals surface area contributed by atoms with Crippen LogP contribution in [0.5, 0.6) is 5.75 Å². The number of aromatic nitrogens is 1. The quantitative estimate of drug-likeness (QED) is 0.0891. The summed E-state index contributed by atoms with van der Waals surface area (Å²) in [4.78, 5) is 15.8. The van der Waals surface area contributed by atoms with E-state index in [0.29, 0.717) is 27.9 Å². The van der Waals surface area contributed by atoms with Gasteiger partial charge in [-0.3, -0.25) is 4.79 Å². The second kappa shape index (κ2) is 18.0. The SMILES string of the molecule is CCCCCCN(CCCCCC)c1ccc2c(O)c(/C=C/C3=[N+](CCCS(=O)(=O)[O-])c4ccc(S(=O)(=O)[O-])cc4C3(C)C)c(=O)n(C)c2c1.[Na+]. The third-order valence-corrected chi connectivity index (χ3v) is 11.3. The molecule has 1 aromatic heterocycles. The number of benzene rings is 2. The average molecular weight is 752 g/mol. The molecule has 1 N–H and O–H groups in total. The topological polar surface area (TPSA) is 163 Å². The van der Waals surface area contributed by atoms with Crippen molar-refractivity contribution >= 4 is 54.3 Å². The van der Waals surface area contributed by atoms with Gasteiger partial charge < -0.3 is 23.7 Å². The Kier molecular flexibility index (Phi) is 15.1. The monoisotopic (exact) mass is 751 g/mol. The fourth-order valence-corrected chi connectivity index (χ4v) is 7.80. The standard InChI is InChI=1S/C37H51N3O8S2.Na/c1-6-8-10-12-21-39(22-13-11-9-7-2)27-15-17-29-33(25-27)38(5)36(42)30(35(29)41)18-20-34-37(3,4)31-26-28(50(46,47)48)16-19-32(31)40(34)23-14-24-49(43,44)45;/h15-20,25-26H,6-14,21-24H2,1-5H3,(H2,43,44,45,46,47,48);/q;+1/p-1. The molecule has 2 aromatic carbocycles. The minimum absolute atomic E-state index is 0. The summed E-state index contributed by atoms with van der Waals surface area (Å²) in [7, 11) is -7.58. The van der Waals surface area contributed by atoms with Gasteiger partial charge in [-0.25, -0.2) is 16.8 Å². The van der Waals surface area contributed by atoms with E-state index >= 15 is 0 Å². The summed E-state index contributed by atoms with van der Waals surface area (Å²) in [5.41, 5.74) is 1.95. The van der Waals surface area contributed by atoms with Crippen LogP contribution in [0.15, 0.2) is 52.2 Å². The van der Waals surface area contributed by atoms with Crippen LogP contribution in [0.1, 0.15) is 96.6 Å². The van der Waals surface area contributed by atoms with Crippen molar-refractivity contribution in [2.24, 2.45) is 7.05 Å². The summed E-state index contributed by atoms with van der Waals surface area (Å²) in [6.45, 7) is 9.93. The summed E-state index contributed by atoms with van der Waals surface area (Å²) in [5, 5.41) is 12.0. The molecule has 0 atom stereocenters. The van der Waals surface area contributed by atoms with E-state index in [-0.39, 0.29) is 53.8 Å². The third kappa shape index (κ3) is 10.3. The molecule has 274 valence electrons. The Labute approximate surface area is 324 Å². The number of aryl methyl sites for hydroxylation is 1. The van der Waals surface area contributed by atoms with Crippen LogP contribution in [0.4, 0.5) is 11.4 Å². The summed E-state index contributed by atoms with van der Waals surface area (Å²) < 4.78 is 73.0. The smallest absolute Gasteiger partial charge is 0.748 e. The van der Waals surface area contributed by atoms with Gasteiger partial charge in [0, 0.05) is 61.1 Å². The van der Waals surface area contributed by atoms with Crippen LogP contribution in [0.2, 0.25) is 0 Å². The van der Waals surface area contributed by atoms with Crippen LogP contribution < -0.4 is 40.0 Å². The number of anilines is 1. The molecule has 0 fully saturated rings. The maximum absolute atomic E-state index is 13.8. The Morgan fingerprint density at radius 2 is 1.51 bits per heavy atom. The van der Waals surface area contributed by atoms with Crippen LogP contribution in [-0.4, -0.2) is 71.3 Å². The van der Waals surface area contributed by atoms with Gasteiger partial charge >= 0.3 is 29.6 Å². The molecule has 11 nitrogen and oxygen atoms in total. The first-order chi connectivity index (χ1) is 23.5. The van der Waals surface area contributed by atoms with Gasteiger partial charge in [0.1, 0.15) is 22.4 Å². The van der Waals surface area contributed by atoms with E-state index < -0.39 is 41.9 Å². The molecule has 3 aromatic rings. The van der Waals surface area contributed by atoms with E-state index in [2.05, 4.69) is 18.7 Å². The maximum Gasteiger partial charge on any atom is 1.00 e. The van der Waals surface area contributed by atoms with Gasteiger partial charge in [-0.05, 0) is 63.1 Å². The number of pyridine rings is 1. The fourth-order valence-electron chi connectivity index (χ4n) is 6.82. The molecule has 0 aliphatic carbocycles. The Hall–Kier alpha value is -2.52. The third-order valence-electron chi connectivity index (χ3n) is 9.65. The number of allylic oxidation sites excluding steroid dienone is 1. The minimum atomic E-state index is -4.76. The van der Waals surface area contributed by atoms with E-state index in [9.17, 15) is 35.8 Å². The predicted molar refractivity (Wildman–Crippen MR) is 197 cm³/mol. The Bertz CT molecular complexity index is 2040. The van der Waals surface area contributed by atoms with Gasteiger partial charge in [-0.1, -0.05) is 52.4 Å². The van der Waals surface area contributed by atoms with Crippen LogP contribution >= 0.6 is 0 Å². The molecule has 0 amide bonds. The van der Waals surface area contributed by atoms with E-state index in [1.54, 1.807) is 17.7 Å². The van der Waals surface area contributed by atoms with Crippen molar-refractivity contribution in [2.75, 3.05) is 30.3 Å². The molecule has 1 aliphatic rings.